The zero-order valence-electron chi connectivity index (χ0n) is 11.8. The van der Waals surface area contributed by atoms with E-state index in [2.05, 4.69) is 33.1 Å². The summed E-state index contributed by atoms with van der Waals surface area (Å²) in [5.41, 5.74) is 2.91. The van der Waals surface area contributed by atoms with Gasteiger partial charge < -0.3 is 9.80 Å². The predicted molar refractivity (Wildman–Crippen MR) is 73.0 cm³/mol. The molecule has 2 saturated heterocycles. The van der Waals surface area contributed by atoms with Crippen molar-refractivity contribution in [1.29, 1.82) is 5.26 Å². The third-order valence-electron chi connectivity index (χ3n) is 4.50. The minimum atomic E-state index is 0.419. The highest BCUT2D eigenvalue weighted by Gasteiger charge is 2.46. The number of aryl methyl sites for hydroxylation is 1. The molecule has 0 N–H and O–H groups in total. The molecule has 2 fully saturated rings. The van der Waals surface area contributed by atoms with Crippen molar-refractivity contribution in [3.8, 4) is 6.07 Å². The molecule has 19 heavy (non-hydrogen) atoms. The van der Waals surface area contributed by atoms with E-state index in [9.17, 15) is 5.26 Å². The molecule has 0 aromatic carbocycles. The van der Waals surface area contributed by atoms with E-state index in [4.69, 9.17) is 0 Å². The van der Waals surface area contributed by atoms with Gasteiger partial charge in [0, 0.05) is 31.6 Å². The highest BCUT2D eigenvalue weighted by molar-refractivity contribution is 5.58. The average molecular weight is 257 g/mol. The average Bonchev–Trinajstić information content (AvgIpc) is 2.77. The molecule has 0 amide bonds. The molecule has 0 radical (unpaired) electrons. The number of likely N-dealkylation sites (tertiary alicyclic amines) is 1. The first-order valence-electron chi connectivity index (χ1n) is 6.72. The largest absolute Gasteiger partial charge is 0.353 e. The van der Waals surface area contributed by atoms with Gasteiger partial charge in [0.1, 0.15) is 11.6 Å². The summed E-state index contributed by atoms with van der Waals surface area (Å²) in [6.07, 6.45) is 1.19. The molecule has 1 spiro atoms. The zero-order chi connectivity index (χ0) is 13.6. The lowest BCUT2D eigenvalue weighted by molar-refractivity contribution is 0.0424. The van der Waals surface area contributed by atoms with Gasteiger partial charge in [-0.3, -0.25) is 0 Å². The molecule has 5 heteroatoms. The van der Waals surface area contributed by atoms with Gasteiger partial charge in [0.2, 0.25) is 0 Å². The summed E-state index contributed by atoms with van der Waals surface area (Å²) in [6.45, 7) is 8.16. The minimum absolute atomic E-state index is 0.419. The maximum absolute atomic E-state index is 9.37. The lowest BCUT2D eigenvalue weighted by atomic mass is 9.79. The van der Waals surface area contributed by atoms with Crippen molar-refractivity contribution in [2.24, 2.45) is 5.41 Å². The van der Waals surface area contributed by atoms with E-state index in [0.29, 0.717) is 11.0 Å². The van der Waals surface area contributed by atoms with Gasteiger partial charge in [-0.05, 0) is 32.9 Å². The van der Waals surface area contributed by atoms with E-state index in [0.717, 1.165) is 43.3 Å². The van der Waals surface area contributed by atoms with Crippen LogP contribution in [0.4, 0.5) is 5.82 Å². The van der Waals surface area contributed by atoms with Crippen LogP contribution in [0.2, 0.25) is 0 Å². The highest BCUT2D eigenvalue weighted by atomic mass is 15.3. The molecule has 0 saturated carbocycles. The van der Waals surface area contributed by atoms with Crippen LogP contribution in [0.25, 0.3) is 0 Å². The number of anilines is 1. The summed E-state index contributed by atoms with van der Waals surface area (Å²) in [6, 6.07) is 2.30. The van der Waals surface area contributed by atoms with E-state index in [1.807, 2.05) is 13.8 Å². The molecule has 0 bridgehead atoms. The first kappa shape index (κ1) is 12.4. The Morgan fingerprint density at radius 3 is 2.58 bits per heavy atom. The van der Waals surface area contributed by atoms with E-state index < -0.39 is 0 Å². The highest BCUT2D eigenvalue weighted by Crippen LogP contribution is 2.40. The first-order chi connectivity index (χ1) is 9.04. The number of nitriles is 1. The van der Waals surface area contributed by atoms with Crippen molar-refractivity contribution < 1.29 is 0 Å². The number of nitrogens with zero attached hydrogens (tertiary/aromatic N) is 5. The monoisotopic (exact) mass is 257 g/mol. The second kappa shape index (κ2) is 4.17. The van der Waals surface area contributed by atoms with Crippen LogP contribution in [0.3, 0.4) is 0 Å². The van der Waals surface area contributed by atoms with Crippen LogP contribution in [-0.2, 0) is 0 Å². The van der Waals surface area contributed by atoms with Gasteiger partial charge in [-0.25, -0.2) is 0 Å². The fourth-order valence-corrected chi connectivity index (χ4v) is 3.42. The molecule has 3 rings (SSSR count). The summed E-state index contributed by atoms with van der Waals surface area (Å²) in [5.74, 6) is 0.775. The molecule has 0 unspecified atom stereocenters. The van der Waals surface area contributed by atoms with Gasteiger partial charge in [-0.15, -0.1) is 5.10 Å². The SMILES string of the molecule is Cc1nnc(N2CCC3(CN(C)C3)C2)c(C#N)c1C. The summed E-state index contributed by atoms with van der Waals surface area (Å²) in [5, 5.41) is 17.8. The Bertz CT molecular complexity index is 554. The van der Waals surface area contributed by atoms with Crippen LogP contribution < -0.4 is 4.90 Å². The molecule has 0 atom stereocenters. The van der Waals surface area contributed by atoms with Gasteiger partial charge in [0.25, 0.3) is 0 Å². The summed E-state index contributed by atoms with van der Waals surface area (Å²) in [4.78, 5) is 4.59. The Hall–Kier alpha value is -1.67. The van der Waals surface area contributed by atoms with Gasteiger partial charge >= 0.3 is 0 Å². The molecule has 1 aromatic heterocycles. The van der Waals surface area contributed by atoms with Crippen LogP contribution >= 0.6 is 0 Å². The molecule has 3 heterocycles. The van der Waals surface area contributed by atoms with Gasteiger partial charge in [-0.1, -0.05) is 0 Å². The van der Waals surface area contributed by atoms with Crippen molar-refractivity contribution in [2.75, 3.05) is 38.1 Å². The lowest BCUT2D eigenvalue weighted by Gasteiger charge is -2.46. The van der Waals surface area contributed by atoms with Gasteiger partial charge in [0.05, 0.1) is 5.69 Å². The fourth-order valence-electron chi connectivity index (χ4n) is 3.42. The lowest BCUT2D eigenvalue weighted by Crippen LogP contribution is -2.55. The number of hydrogen-bond acceptors (Lipinski definition) is 5. The standard InChI is InChI=1S/C14H19N5/c1-10-11(2)16-17-13(12(10)6-15)19-5-4-14(9-19)7-18(3)8-14/h4-5,7-9H2,1-3H3. The van der Waals surface area contributed by atoms with Crippen molar-refractivity contribution in [3.05, 3.63) is 16.8 Å². The predicted octanol–water partition coefficient (Wildman–Crippen LogP) is 1.11. The molecule has 100 valence electrons. The van der Waals surface area contributed by atoms with Crippen LogP contribution in [-0.4, -0.2) is 48.3 Å². The van der Waals surface area contributed by atoms with E-state index in [-0.39, 0.29) is 0 Å². The second-order valence-corrected chi connectivity index (χ2v) is 6.06. The number of rotatable bonds is 1. The molecule has 5 nitrogen and oxygen atoms in total. The van der Waals surface area contributed by atoms with Crippen LogP contribution in [0, 0.1) is 30.6 Å². The Kier molecular flexibility index (Phi) is 2.72. The third-order valence-corrected chi connectivity index (χ3v) is 4.50. The first-order valence-corrected chi connectivity index (χ1v) is 6.72. The Morgan fingerprint density at radius 2 is 1.95 bits per heavy atom. The third kappa shape index (κ3) is 1.87. The van der Waals surface area contributed by atoms with Crippen molar-refractivity contribution in [3.63, 3.8) is 0 Å². The Labute approximate surface area is 113 Å². The Morgan fingerprint density at radius 1 is 1.21 bits per heavy atom. The van der Waals surface area contributed by atoms with Crippen molar-refractivity contribution in [1.82, 2.24) is 15.1 Å². The van der Waals surface area contributed by atoms with Gasteiger partial charge in [0.15, 0.2) is 5.82 Å². The van der Waals surface area contributed by atoms with Crippen LogP contribution in [0.5, 0.6) is 0 Å². The molecular formula is C14H19N5. The van der Waals surface area contributed by atoms with E-state index in [1.165, 1.54) is 6.42 Å². The number of hydrogen-bond donors (Lipinski definition) is 0. The minimum Gasteiger partial charge on any atom is -0.353 e. The van der Waals surface area contributed by atoms with Crippen LogP contribution in [0.1, 0.15) is 23.2 Å². The second-order valence-electron chi connectivity index (χ2n) is 6.06. The molecule has 2 aliphatic heterocycles. The van der Waals surface area contributed by atoms with Gasteiger partial charge in [-0.2, -0.15) is 10.4 Å². The van der Waals surface area contributed by atoms with Crippen LogP contribution in [0.15, 0.2) is 0 Å². The number of aromatic nitrogens is 2. The summed E-state index contributed by atoms with van der Waals surface area (Å²) >= 11 is 0. The molecule has 1 aromatic rings. The maximum Gasteiger partial charge on any atom is 0.169 e. The van der Waals surface area contributed by atoms with Crippen molar-refractivity contribution in [2.45, 2.75) is 20.3 Å². The smallest absolute Gasteiger partial charge is 0.169 e. The van der Waals surface area contributed by atoms with E-state index in [1.54, 1.807) is 0 Å². The maximum atomic E-state index is 9.37. The normalized spacial score (nSPS) is 21.5. The molecule has 0 aliphatic carbocycles. The topological polar surface area (TPSA) is 56.1 Å². The van der Waals surface area contributed by atoms with Crippen molar-refractivity contribution >= 4 is 5.82 Å². The van der Waals surface area contributed by atoms with E-state index >= 15 is 0 Å². The fraction of sp³-hybridized carbons (Fsp3) is 0.643. The summed E-state index contributed by atoms with van der Waals surface area (Å²) in [7, 11) is 2.16. The molecule has 2 aliphatic rings. The zero-order valence-corrected chi connectivity index (χ0v) is 11.8. The molecular weight excluding hydrogens is 238 g/mol. The quantitative estimate of drug-likeness (QED) is 0.754. The summed E-state index contributed by atoms with van der Waals surface area (Å²) < 4.78 is 0. The Balaban J connectivity index is 1.89.